The molecule has 1 N–H and O–H groups in total. The molecule has 1 unspecified atom stereocenters. The Morgan fingerprint density at radius 2 is 1.69 bits per heavy atom. The van der Waals surface area contributed by atoms with Crippen LogP contribution in [-0.2, 0) is 11.3 Å². The third-order valence-corrected chi connectivity index (χ3v) is 5.16. The van der Waals surface area contributed by atoms with Crippen LogP contribution in [0.25, 0.3) is 11.0 Å². The van der Waals surface area contributed by atoms with Crippen LogP contribution in [0, 0.1) is 11.8 Å². The Morgan fingerprint density at radius 3 is 2.31 bits per heavy atom. The molecule has 170 valence electrons. The maximum Gasteiger partial charge on any atom is 0.253 e. The summed E-state index contributed by atoms with van der Waals surface area (Å²) >= 11 is 0. The summed E-state index contributed by atoms with van der Waals surface area (Å²) < 4.78 is 1.93. The van der Waals surface area contributed by atoms with E-state index in [2.05, 4.69) is 38.0 Å². The zero-order chi connectivity index (χ0) is 23.3. The van der Waals surface area contributed by atoms with E-state index in [1.807, 2.05) is 40.7 Å². The minimum absolute atomic E-state index is 0.0580. The van der Waals surface area contributed by atoms with Gasteiger partial charge in [-0.1, -0.05) is 39.8 Å². The molecule has 0 aliphatic heterocycles. The Bertz CT molecular complexity index is 1050. The average Bonchev–Trinajstić information content (AvgIpc) is 3.12. The molecule has 7 heteroatoms. The van der Waals surface area contributed by atoms with Crippen LogP contribution in [-0.4, -0.2) is 44.3 Å². The van der Waals surface area contributed by atoms with Gasteiger partial charge in [-0.3, -0.25) is 14.6 Å². The van der Waals surface area contributed by atoms with Gasteiger partial charge in [0.25, 0.3) is 5.91 Å². The number of imidazole rings is 1. The predicted molar refractivity (Wildman–Crippen MR) is 126 cm³/mol. The summed E-state index contributed by atoms with van der Waals surface area (Å²) in [6.07, 6.45) is 3.16. The summed E-state index contributed by atoms with van der Waals surface area (Å²) in [5.74, 6) is 1.26. The molecule has 2 heterocycles. The van der Waals surface area contributed by atoms with Crippen LogP contribution in [0.5, 0.6) is 0 Å². The van der Waals surface area contributed by atoms with E-state index in [4.69, 9.17) is 4.98 Å². The monoisotopic (exact) mass is 435 g/mol. The van der Waals surface area contributed by atoms with Crippen LogP contribution < -0.4 is 5.32 Å². The molecule has 0 fully saturated rings. The zero-order valence-electron chi connectivity index (χ0n) is 19.6. The van der Waals surface area contributed by atoms with Gasteiger partial charge in [0.1, 0.15) is 12.4 Å². The maximum absolute atomic E-state index is 13.3. The fourth-order valence-electron chi connectivity index (χ4n) is 3.83. The molecule has 0 radical (unpaired) electrons. The number of nitrogens with one attached hydrogen (secondary N) is 1. The molecular weight excluding hydrogens is 402 g/mol. The van der Waals surface area contributed by atoms with Crippen LogP contribution in [0.15, 0.2) is 48.8 Å². The maximum atomic E-state index is 13.3. The van der Waals surface area contributed by atoms with E-state index >= 15 is 0 Å². The van der Waals surface area contributed by atoms with Crippen LogP contribution in [0.4, 0.5) is 0 Å². The first kappa shape index (κ1) is 23.4. The van der Waals surface area contributed by atoms with Crippen LogP contribution in [0.1, 0.15) is 56.8 Å². The van der Waals surface area contributed by atoms with Crippen LogP contribution in [0.2, 0.25) is 0 Å². The Kier molecular flexibility index (Phi) is 7.62. The van der Waals surface area contributed by atoms with E-state index < -0.39 is 0 Å². The first-order valence-electron chi connectivity index (χ1n) is 11.2. The molecule has 0 aliphatic carbocycles. The Hall–Kier alpha value is -3.22. The molecule has 2 amide bonds. The summed E-state index contributed by atoms with van der Waals surface area (Å²) in [4.78, 5) is 36.7. The Balaban J connectivity index is 1.89. The summed E-state index contributed by atoms with van der Waals surface area (Å²) in [6.45, 7) is 12.0. The van der Waals surface area contributed by atoms with E-state index in [9.17, 15) is 9.59 Å². The summed E-state index contributed by atoms with van der Waals surface area (Å²) in [5, 5.41) is 2.99. The molecular formula is C25H33N5O2. The lowest BCUT2D eigenvalue weighted by Gasteiger charge is -2.27. The number of rotatable bonds is 9. The first-order chi connectivity index (χ1) is 15.3. The van der Waals surface area contributed by atoms with Gasteiger partial charge in [0, 0.05) is 25.5 Å². The number of benzene rings is 1. The molecule has 0 spiro atoms. The fraction of sp³-hybridized carbons (Fsp3) is 0.440. The van der Waals surface area contributed by atoms with Gasteiger partial charge >= 0.3 is 0 Å². The van der Waals surface area contributed by atoms with E-state index in [0.717, 1.165) is 11.0 Å². The number of carbonyl (C=O) groups is 2. The minimum atomic E-state index is -0.383. The van der Waals surface area contributed by atoms with E-state index in [-0.39, 0.29) is 24.4 Å². The van der Waals surface area contributed by atoms with Crippen molar-refractivity contribution >= 4 is 22.8 Å². The van der Waals surface area contributed by atoms with Gasteiger partial charge in [-0.25, -0.2) is 4.98 Å². The quantitative estimate of drug-likeness (QED) is 0.550. The van der Waals surface area contributed by atoms with Gasteiger partial charge in [-0.2, -0.15) is 0 Å². The third kappa shape index (κ3) is 5.72. The lowest BCUT2D eigenvalue weighted by Crippen LogP contribution is -2.39. The first-order valence-corrected chi connectivity index (χ1v) is 11.2. The summed E-state index contributed by atoms with van der Waals surface area (Å²) in [5.41, 5.74) is 2.17. The van der Waals surface area contributed by atoms with Crippen molar-refractivity contribution in [1.82, 2.24) is 24.8 Å². The van der Waals surface area contributed by atoms with Crippen LogP contribution >= 0.6 is 0 Å². The standard InChI is InChI=1S/C25H33N5O2/c1-17(2)14-29(15-18(3)4)23(31)16-30-22-11-7-6-10-21(22)28-24(30)19(5)27-25(32)20-9-8-12-26-13-20/h6-13,17-19H,14-16H2,1-5H3,(H,27,32). The molecule has 3 rings (SSSR count). The number of hydrogen-bond acceptors (Lipinski definition) is 4. The minimum Gasteiger partial charge on any atom is -0.342 e. The molecule has 0 aliphatic rings. The van der Waals surface area contributed by atoms with Crippen molar-refractivity contribution in [2.75, 3.05) is 13.1 Å². The summed E-state index contributed by atoms with van der Waals surface area (Å²) in [7, 11) is 0. The van der Waals surface area contributed by atoms with Gasteiger partial charge in [-0.05, 0) is 43.0 Å². The second-order valence-corrected chi connectivity index (χ2v) is 9.07. The van der Waals surface area contributed by atoms with Crippen molar-refractivity contribution in [2.45, 2.75) is 47.2 Å². The van der Waals surface area contributed by atoms with E-state index in [1.165, 1.54) is 6.20 Å². The highest BCUT2D eigenvalue weighted by molar-refractivity contribution is 5.94. The number of aromatic nitrogens is 3. The highest BCUT2D eigenvalue weighted by atomic mass is 16.2. The van der Waals surface area contributed by atoms with Crippen molar-refractivity contribution in [3.63, 3.8) is 0 Å². The Labute approximate surface area is 189 Å². The largest absolute Gasteiger partial charge is 0.342 e. The molecule has 7 nitrogen and oxygen atoms in total. The Morgan fingerprint density at radius 1 is 1.00 bits per heavy atom. The van der Waals surface area contributed by atoms with Gasteiger partial charge < -0.3 is 14.8 Å². The number of fused-ring (bicyclic) bond motifs is 1. The zero-order valence-corrected chi connectivity index (χ0v) is 19.6. The highest BCUT2D eigenvalue weighted by Crippen LogP contribution is 2.22. The van der Waals surface area contributed by atoms with Crippen molar-refractivity contribution in [3.05, 3.63) is 60.2 Å². The van der Waals surface area contributed by atoms with E-state index in [1.54, 1.807) is 18.3 Å². The van der Waals surface area contributed by atoms with Gasteiger partial charge in [0.2, 0.25) is 5.91 Å². The van der Waals surface area contributed by atoms with Crippen molar-refractivity contribution in [3.8, 4) is 0 Å². The molecule has 1 aromatic carbocycles. The van der Waals surface area contributed by atoms with Gasteiger partial charge in [0.05, 0.1) is 22.6 Å². The topological polar surface area (TPSA) is 80.1 Å². The molecule has 32 heavy (non-hydrogen) atoms. The van der Waals surface area contributed by atoms with Crippen molar-refractivity contribution < 1.29 is 9.59 Å². The number of para-hydroxylation sites is 2. The molecule has 3 aromatic rings. The number of carbonyl (C=O) groups excluding carboxylic acids is 2. The summed E-state index contributed by atoms with van der Waals surface area (Å²) in [6, 6.07) is 10.8. The van der Waals surface area contributed by atoms with Crippen LogP contribution in [0.3, 0.4) is 0 Å². The molecule has 1 atom stereocenters. The second kappa shape index (κ2) is 10.4. The smallest absolute Gasteiger partial charge is 0.253 e. The number of amides is 2. The SMILES string of the molecule is CC(C)CN(CC(C)C)C(=O)Cn1c(C(C)NC(=O)c2cccnc2)nc2ccccc21. The fourth-order valence-corrected chi connectivity index (χ4v) is 3.83. The van der Waals surface area contributed by atoms with Crippen molar-refractivity contribution in [1.29, 1.82) is 0 Å². The molecule has 0 bridgehead atoms. The molecule has 2 aromatic heterocycles. The number of nitrogens with zero attached hydrogens (tertiary/aromatic N) is 4. The lowest BCUT2D eigenvalue weighted by molar-refractivity contribution is -0.132. The molecule has 0 saturated carbocycles. The number of hydrogen-bond donors (Lipinski definition) is 1. The van der Waals surface area contributed by atoms with Gasteiger partial charge in [-0.15, -0.1) is 0 Å². The van der Waals surface area contributed by atoms with E-state index in [0.29, 0.717) is 36.3 Å². The average molecular weight is 436 g/mol. The normalized spacial score (nSPS) is 12.3. The number of pyridine rings is 1. The predicted octanol–water partition coefficient (Wildman–Crippen LogP) is 4.06. The highest BCUT2D eigenvalue weighted by Gasteiger charge is 2.23. The third-order valence-electron chi connectivity index (χ3n) is 5.16. The lowest BCUT2D eigenvalue weighted by atomic mass is 10.1. The second-order valence-electron chi connectivity index (χ2n) is 9.07. The molecule has 0 saturated heterocycles. The van der Waals surface area contributed by atoms with Crippen molar-refractivity contribution in [2.24, 2.45) is 11.8 Å². The van der Waals surface area contributed by atoms with Gasteiger partial charge in [0.15, 0.2) is 0 Å².